The second-order valence-electron chi connectivity index (χ2n) is 9.51. The van der Waals surface area contributed by atoms with Crippen molar-refractivity contribution in [3.8, 4) is 0 Å². The smallest absolute Gasteiger partial charge is 0.251 e. The third-order valence-electron chi connectivity index (χ3n) is 6.93. The van der Waals surface area contributed by atoms with Crippen molar-refractivity contribution < 1.29 is 18.3 Å². The van der Waals surface area contributed by atoms with E-state index >= 15 is 0 Å². The molecule has 1 aliphatic rings. The van der Waals surface area contributed by atoms with Crippen molar-refractivity contribution in [1.29, 1.82) is 0 Å². The minimum atomic E-state index is -3.85. The highest BCUT2D eigenvalue weighted by molar-refractivity contribution is 7.89. The summed E-state index contributed by atoms with van der Waals surface area (Å²) in [6.45, 7) is 2.13. The van der Waals surface area contributed by atoms with Crippen molar-refractivity contribution in [3.05, 3.63) is 101 Å². The van der Waals surface area contributed by atoms with Gasteiger partial charge in [-0.3, -0.25) is 4.79 Å². The first kappa shape index (κ1) is 27.3. The van der Waals surface area contributed by atoms with Gasteiger partial charge in [-0.05, 0) is 79.6 Å². The van der Waals surface area contributed by atoms with Crippen LogP contribution in [0.2, 0.25) is 5.02 Å². The average Bonchev–Trinajstić information content (AvgIpc) is 2.91. The molecule has 3 aromatic carbocycles. The number of sulfonamides is 1. The van der Waals surface area contributed by atoms with E-state index in [4.69, 9.17) is 11.6 Å². The molecule has 0 heterocycles. The van der Waals surface area contributed by atoms with E-state index in [0.717, 1.165) is 24.0 Å². The summed E-state index contributed by atoms with van der Waals surface area (Å²) in [6, 6.07) is 22.6. The van der Waals surface area contributed by atoms with Crippen LogP contribution in [0.15, 0.2) is 83.8 Å². The molecule has 0 spiro atoms. The lowest BCUT2D eigenvalue weighted by Crippen LogP contribution is -2.38. The number of benzene rings is 3. The van der Waals surface area contributed by atoms with Crippen LogP contribution in [0.4, 0.5) is 0 Å². The predicted octanol–water partition coefficient (Wildman–Crippen LogP) is 5.72. The second kappa shape index (κ2) is 12.2. The molecule has 0 aliphatic heterocycles. The molecule has 1 saturated carbocycles. The molecule has 1 amide bonds. The first-order chi connectivity index (χ1) is 17.8. The number of carbonyl (C=O) groups excluding carboxylic acids is 1. The molecule has 1 fully saturated rings. The van der Waals surface area contributed by atoms with Gasteiger partial charge in [-0.2, -0.15) is 4.31 Å². The molecule has 1 aliphatic carbocycles. The largest absolute Gasteiger partial charge is 0.393 e. The van der Waals surface area contributed by atoms with Gasteiger partial charge >= 0.3 is 0 Å². The minimum Gasteiger partial charge on any atom is -0.393 e. The molecule has 0 unspecified atom stereocenters. The van der Waals surface area contributed by atoms with Crippen molar-refractivity contribution in [2.24, 2.45) is 0 Å². The summed E-state index contributed by atoms with van der Waals surface area (Å²) >= 11 is 6.01. The number of halogens is 1. The fraction of sp³-hybridized carbons (Fsp3) is 0.345. The third kappa shape index (κ3) is 6.79. The topological polar surface area (TPSA) is 86.7 Å². The summed E-state index contributed by atoms with van der Waals surface area (Å²) < 4.78 is 29.2. The predicted molar refractivity (Wildman–Crippen MR) is 146 cm³/mol. The SMILES string of the molecule is CC[C@@H](c1ccccc1)N(Cc1ccc(C(=O)N[C@H]2CC[C@H](O)CC2)cc1)S(=O)(=O)c1ccc(Cl)cc1. The quantitative estimate of drug-likeness (QED) is 0.363. The van der Waals surface area contributed by atoms with E-state index in [1.165, 1.54) is 16.4 Å². The van der Waals surface area contributed by atoms with Crippen molar-refractivity contribution in [1.82, 2.24) is 9.62 Å². The standard InChI is InChI=1S/C29H33ClN2O4S/c1-2-28(22-6-4-3-5-7-22)32(37(35,36)27-18-12-24(30)13-19-27)20-21-8-10-23(11-9-21)29(34)31-25-14-16-26(33)17-15-25/h3-13,18-19,25-26,28,33H,2,14-17,20H2,1H3,(H,31,34)/t25-,26-,28-/m0/s1. The van der Waals surface area contributed by atoms with Crippen molar-refractivity contribution in [3.63, 3.8) is 0 Å². The van der Waals surface area contributed by atoms with Crippen LogP contribution in [0, 0.1) is 0 Å². The van der Waals surface area contributed by atoms with Gasteiger partial charge < -0.3 is 10.4 Å². The van der Waals surface area contributed by atoms with Crippen molar-refractivity contribution in [2.75, 3.05) is 0 Å². The first-order valence-corrected chi connectivity index (χ1v) is 14.5. The van der Waals surface area contributed by atoms with Crippen LogP contribution in [0.1, 0.15) is 66.6 Å². The van der Waals surface area contributed by atoms with E-state index in [2.05, 4.69) is 5.32 Å². The molecule has 0 saturated heterocycles. The molecular formula is C29H33ClN2O4S. The van der Waals surface area contributed by atoms with Crippen LogP contribution < -0.4 is 5.32 Å². The van der Waals surface area contributed by atoms with Crippen molar-refractivity contribution in [2.45, 2.75) is 68.7 Å². The maximum Gasteiger partial charge on any atom is 0.251 e. The molecule has 0 radical (unpaired) electrons. The van der Waals surface area contributed by atoms with E-state index in [-0.39, 0.29) is 35.5 Å². The molecule has 1 atom stereocenters. The number of rotatable bonds is 9. The zero-order chi connectivity index (χ0) is 26.4. The van der Waals surface area contributed by atoms with Gasteiger partial charge in [0, 0.05) is 23.2 Å². The van der Waals surface area contributed by atoms with E-state index in [1.807, 2.05) is 49.4 Å². The highest BCUT2D eigenvalue weighted by Crippen LogP contribution is 2.32. The van der Waals surface area contributed by atoms with Crippen LogP contribution in [-0.4, -0.2) is 35.9 Å². The van der Waals surface area contributed by atoms with Gasteiger partial charge in [0.15, 0.2) is 0 Å². The highest BCUT2D eigenvalue weighted by atomic mass is 35.5. The number of aliphatic hydroxyl groups is 1. The van der Waals surface area contributed by atoms with E-state index < -0.39 is 10.0 Å². The molecule has 37 heavy (non-hydrogen) atoms. The zero-order valence-corrected chi connectivity index (χ0v) is 22.5. The number of nitrogens with zero attached hydrogens (tertiary/aromatic N) is 1. The molecule has 3 aromatic rings. The molecule has 0 aromatic heterocycles. The third-order valence-corrected chi connectivity index (χ3v) is 9.05. The lowest BCUT2D eigenvalue weighted by Gasteiger charge is -2.31. The minimum absolute atomic E-state index is 0.0618. The number of carbonyl (C=O) groups is 1. The second-order valence-corrected chi connectivity index (χ2v) is 11.8. The molecule has 2 N–H and O–H groups in total. The Morgan fingerprint density at radius 2 is 1.59 bits per heavy atom. The van der Waals surface area contributed by atoms with E-state index in [0.29, 0.717) is 29.8 Å². The van der Waals surface area contributed by atoms with Crippen LogP contribution in [0.3, 0.4) is 0 Å². The number of aliphatic hydroxyl groups excluding tert-OH is 1. The first-order valence-electron chi connectivity index (χ1n) is 12.7. The fourth-order valence-electron chi connectivity index (χ4n) is 4.82. The van der Waals surface area contributed by atoms with Crippen LogP contribution in [0.5, 0.6) is 0 Å². The Morgan fingerprint density at radius 1 is 0.973 bits per heavy atom. The lowest BCUT2D eigenvalue weighted by atomic mass is 9.93. The van der Waals surface area contributed by atoms with Gasteiger partial charge in [0.05, 0.1) is 17.0 Å². The molecule has 0 bridgehead atoms. The maximum atomic E-state index is 13.8. The number of hydrogen-bond donors (Lipinski definition) is 2. The average molecular weight is 541 g/mol. The molecular weight excluding hydrogens is 508 g/mol. The normalized spacial score (nSPS) is 18.9. The Balaban J connectivity index is 1.58. The summed E-state index contributed by atoms with van der Waals surface area (Å²) in [5.74, 6) is -0.158. The number of hydrogen-bond acceptors (Lipinski definition) is 4. The van der Waals surface area contributed by atoms with Gasteiger partial charge in [0.1, 0.15) is 0 Å². The van der Waals surface area contributed by atoms with Crippen molar-refractivity contribution >= 4 is 27.5 Å². The van der Waals surface area contributed by atoms with Gasteiger partial charge in [0.2, 0.25) is 10.0 Å². The van der Waals surface area contributed by atoms with Crippen LogP contribution in [-0.2, 0) is 16.6 Å². The zero-order valence-electron chi connectivity index (χ0n) is 20.9. The van der Waals surface area contributed by atoms with Gasteiger partial charge in [-0.1, -0.05) is 61.0 Å². The Bertz CT molecular complexity index is 1270. The van der Waals surface area contributed by atoms with Crippen LogP contribution >= 0.6 is 11.6 Å². The van der Waals surface area contributed by atoms with Gasteiger partial charge in [-0.25, -0.2) is 8.42 Å². The summed E-state index contributed by atoms with van der Waals surface area (Å²) in [5, 5.41) is 13.2. The Morgan fingerprint density at radius 3 is 2.19 bits per heavy atom. The molecule has 6 nitrogen and oxygen atoms in total. The molecule has 4 rings (SSSR count). The summed E-state index contributed by atoms with van der Waals surface area (Å²) in [4.78, 5) is 12.9. The highest BCUT2D eigenvalue weighted by Gasteiger charge is 2.32. The Labute approximate surface area is 224 Å². The van der Waals surface area contributed by atoms with Crippen LogP contribution in [0.25, 0.3) is 0 Å². The lowest BCUT2D eigenvalue weighted by molar-refractivity contribution is 0.0867. The number of amides is 1. The summed E-state index contributed by atoms with van der Waals surface area (Å²) in [7, 11) is -3.85. The monoisotopic (exact) mass is 540 g/mol. The summed E-state index contributed by atoms with van der Waals surface area (Å²) in [5.41, 5.74) is 2.22. The summed E-state index contributed by atoms with van der Waals surface area (Å²) in [6.07, 6.45) is 3.24. The van der Waals surface area contributed by atoms with Gasteiger partial charge in [0.25, 0.3) is 5.91 Å². The molecule has 8 heteroatoms. The van der Waals surface area contributed by atoms with E-state index in [1.54, 1.807) is 24.3 Å². The maximum absolute atomic E-state index is 13.8. The fourth-order valence-corrected chi connectivity index (χ4v) is 6.62. The Kier molecular flexibility index (Phi) is 9.03. The van der Waals surface area contributed by atoms with E-state index in [9.17, 15) is 18.3 Å². The molecule has 196 valence electrons. The Hall–Kier alpha value is -2.71. The number of nitrogens with one attached hydrogen (secondary N) is 1. The van der Waals surface area contributed by atoms with Gasteiger partial charge in [-0.15, -0.1) is 0 Å².